The van der Waals surface area contributed by atoms with Crippen LogP contribution in [0.3, 0.4) is 0 Å². The van der Waals surface area contributed by atoms with Crippen LogP contribution in [-0.4, -0.2) is 15.9 Å². The van der Waals surface area contributed by atoms with E-state index in [-0.39, 0.29) is 11.8 Å². The normalized spacial score (nSPS) is 18.2. The van der Waals surface area contributed by atoms with Crippen molar-refractivity contribution >= 4 is 22.6 Å². The van der Waals surface area contributed by atoms with Crippen LogP contribution in [0.5, 0.6) is 0 Å². The van der Waals surface area contributed by atoms with Gasteiger partial charge < -0.3 is 10.3 Å². The van der Waals surface area contributed by atoms with E-state index in [9.17, 15) is 4.79 Å². The van der Waals surface area contributed by atoms with E-state index < -0.39 is 0 Å². The molecule has 1 aliphatic heterocycles. The van der Waals surface area contributed by atoms with Crippen molar-refractivity contribution in [2.75, 3.05) is 5.32 Å². The molecule has 0 bridgehead atoms. The van der Waals surface area contributed by atoms with Gasteiger partial charge in [0.2, 0.25) is 5.91 Å². The second-order valence-electron chi connectivity index (χ2n) is 4.35. The zero-order chi connectivity index (χ0) is 12.0. The van der Waals surface area contributed by atoms with E-state index in [1.807, 2.05) is 19.1 Å². The van der Waals surface area contributed by atoms with Gasteiger partial charge in [-0.25, -0.2) is 4.98 Å². The summed E-state index contributed by atoms with van der Waals surface area (Å²) in [5.74, 6) is 0.809. The van der Waals surface area contributed by atoms with Gasteiger partial charge >= 0.3 is 0 Å². The Hall–Kier alpha value is -2.10. The van der Waals surface area contributed by atoms with Gasteiger partial charge in [-0.3, -0.25) is 4.79 Å². The average Bonchev–Trinajstić information content (AvgIpc) is 2.76. The second kappa shape index (κ2) is 3.45. The number of nitrogens with zero attached hydrogens (tertiary/aromatic N) is 1. The highest BCUT2D eigenvalue weighted by Gasteiger charge is 2.30. The molecular formula is C13H13N3O. The summed E-state index contributed by atoms with van der Waals surface area (Å²) in [5.41, 5.74) is 3.78. The molecule has 3 rings (SSSR count). The number of carbonyl (C=O) groups is 1. The molecule has 86 valence electrons. The summed E-state index contributed by atoms with van der Waals surface area (Å²) in [5, 5.41) is 2.90. The van der Waals surface area contributed by atoms with Gasteiger partial charge in [0.25, 0.3) is 0 Å². The Bertz CT molecular complexity index is 627. The molecule has 0 aliphatic carbocycles. The minimum absolute atomic E-state index is 0.0456. The van der Waals surface area contributed by atoms with Crippen LogP contribution in [0.25, 0.3) is 11.0 Å². The number of carbonyl (C=O) groups excluding carboxylic acids is 1. The van der Waals surface area contributed by atoms with Gasteiger partial charge in [-0.2, -0.15) is 0 Å². The van der Waals surface area contributed by atoms with Gasteiger partial charge in [0.05, 0.1) is 17.0 Å². The molecule has 0 saturated heterocycles. The van der Waals surface area contributed by atoms with E-state index in [2.05, 4.69) is 21.9 Å². The van der Waals surface area contributed by atoms with Crippen LogP contribution in [-0.2, 0) is 4.79 Å². The molecule has 2 aromatic rings. The first-order chi connectivity index (χ1) is 8.19. The van der Waals surface area contributed by atoms with E-state index in [0.29, 0.717) is 6.42 Å². The SMILES string of the molecule is C=CCC1C(=O)Nc2cc3[nH]c(C)nc3cc21. The summed E-state index contributed by atoms with van der Waals surface area (Å²) >= 11 is 0. The number of rotatable bonds is 2. The van der Waals surface area contributed by atoms with E-state index >= 15 is 0 Å². The van der Waals surface area contributed by atoms with Gasteiger partial charge in [-0.05, 0) is 31.0 Å². The Morgan fingerprint density at radius 1 is 1.53 bits per heavy atom. The number of fused-ring (bicyclic) bond motifs is 2. The largest absolute Gasteiger partial charge is 0.342 e. The zero-order valence-corrected chi connectivity index (χ0v) is 9.58. The van der Waals surface area contributed by atoms with Crippen molar-refractivity contribution in [3.05, 3.63) is 36.2 Å². The van der Waals surface area contributed by atoms with E-state index in [4.69, 9.17) is 0 Å². The van der Waals surface area contributed by atoms with Crippen LogP contribution >= 0.6 is 0 Å². The maximum Gasteiger partial charge on any atom is 0.232 e. The number of nitrogens with one attached hydrogen (secondary N) is 2. The average molecular weight is 227 g/mol. The Labute approximate surface area is 98.7 Å². The van der Waals surface area contributed by atoms with Crippen LogP contribution in [0.15, 0.2) is 24.8 Å². The Balaban J connectivity index is 2.18. The molecule has 0 saturated carbocycles. The second-order valence-corrected chi connectivity index (χ2v) is 4.35. The van der Waals surface area contributed by atoms with Gasteiger partial charge in [-0.1, -0.05) is 6.08 Å². The van der Waals surface area contributed by atoms with Crippen molar-refractivity contribution in [2.24, 2.45) is 0 Å². The summed E-state index contributed by atoms with van der Waals surface area (Å²) in [6.45, 7) is 5.62. The molecule has 17 heavy (non-hydrogen) atoms. The lowest BCUT2D eigenvalue weighted by atomic mass is 9.97. The Morgan fingerprint density at radius 2 is 2.35 bits per heavy atom. The van der Waals surface area contributed by atoms with Crippen molar-refractivity contribution in [1.29, 1.82) is 0 Å². The van der Waals surface area contributed by atoms with E-state index in [0.717, 1.165) is 28.1 Å². The van der Waals surface area contributed by atoms with Gasteiger partial charge in [0.1, 0.15) is 5.82 Å². The zero-order valence-electron chi connectivity index (χ0n) is 9.58. The van der Waals surface area contributed by atoms with E-state index in [1.165, 1.54) is 0 Å². The molecule has 0 spiro atoms. The van der Waals surface area contributed by atoms with Crippen LogP contribution in [0.4, 0.5) is 5.69 Å². The predicted molar refractivity (Wildman–Crippen MR) is 67.0 cm³/mol. The van der Waals surface area contributed by atoms with Crippen LogP contribution < -0.4 is 5.32 Å². The summed E-state index contributed by atoms with van der Waals surface area (Å²) in [4.78, 5) is 19.4. The molecule has 1 unspecified atom stereocenters. The number of amides is 1. The molecular weight excluding hydrogens is 214 g/mol. The maximum atomic E-state index is 11.8. The van der Waals surface area contributed by atoms with Crippen LogP contribution in [0.1, 0.15) is 23.7 Å². The Kier molecular flexibility index (Phi) is 2.04. The van der Waals surface area contributed by atoms with Gasteiger partial charge in [-0.15, -0.1) is 6.58 Å². The fraction of sp³-hybridized carbons (Fsp3) is 0.231. The number of hydrogen-bond donors (Lipinski definition) is 2. The minimum Gasteiger partial charge on any atom is -0.342 e. The molecule has 1 aliphatic rings. The van der Waals surface area contributed by atoms with Crippen LogP contribution in [0, 0.1) is 6.92 Å². The monoisotopic (exact) mass is 227 g/mol. The van der Waals surface area contributed by atoms with Crippen molar-refractivity contribution in [3.63, 3.8) is 0 Å². The number of aromatic nitrogens is 2. The minimum atomic E-state index is -0.121. The quantitative estimate of drug-likeness (QED) is 0.774. The fourth-order valence-corrected chi connectivity index (χ4v) is 2.36. The summed E-state index contributed by atoms with van der Waals surface area (Å²) < 4.78 is 0. The van der Waals surface area contributed by atoms with E-state index in [1.54, 1.807) is 6.08 Å². The predicted octanol–water partition coefficient (Wildman–Crippen LogP) is 2.48. The first kappa shape index (κ1) is 10.1. The highest BCUT2D eigenvalue weighted by Crippen LogP contribution is 2.37. The molecule has 2 heterocycles. The van der Waals surface area contributed by atoms with Crippen molar-refractivity contribution in [1.82, 2.24) is 9.97 Å². The molecule has 4 heteroatoms. The van der Waals surface area contributed by atoms with Crippen LogP contribution in [0.2, 0.25) is 0 Å². The number of benzene rings is 1. The molecule has 0 radical (unpaired) electrons. The molecule has 1 aromatic carbocycles. The number of aromatic amines is 1. The molecule has 1 aromatic heterocycles. The molecule has 0 fully saturated rings. The standard InChI is InChI=1S/C13H13N3O/c1-3-4-8-9-5-11-12(15-7(2)14-11)6-10(9)16-13(8)17/h3,5-6,8H,1,4H2,2H3,(H,14,15)(H,16,17). The number of hydrogen-bond acceptors (Lipinski definition) is 2. The van der Waals surface area contributed by atoms with Gasteiger partial charge in [0, 0.05) is 5.69 Å². The topological polar surface area (TPSA) is 57.8 Å². The summed E-state index contributed by atoms with van der Waals surface area (Å²) in [7, 11) is 0. The third-order valence-electron chi connectivity index (χ3n) is 3.12. The maximum absolute atomic E-state index is 11.8. The number of aryl methyl sites for hydroxylation is 1. The molecule has 4 nitrogen and oxygen atoms in total. The molecule has 2 N–H and O–H groups in total. The lowest BCUT2D eigenvalue weighted by Gasteiger charge is -2.04. The number of imidazole rings is 1. The lowest BCUT2D eigenvalue weighted by molar-refractivity contribution is -0.116. The highest BCUT2D eigenvalue weighted by molar-refractivity contribution is 6.05. The first-order valence-corrected chi connectivity index (χ1v) is 5.61. The smallest absolute Gasteiger partial charge is 0.232 e. The first-order valence-electron chi connectivity index (χ1n) is 5.61. The number of H-pyrrole nitrogens is 1. The fourth-order valence-electron chi connectivity index (χ4n) is 2.36. The van der Waals surface area contributed by atoms with Crippen molar-refractivity contribution in [2.45, 2.75) is 19.3 Å². The Morgan fingerprint density at radius 3 is 3.12 bits per heavy atom. The third kappa shape index (κ3) is 1.45. The summed E-state index contributed by atoms with van der Waals surface area (Å²) in [6.07, 6.45) is 2.44. The lowest BCUT2D eigenvalue weighted by Crippen LogP contribution is -2.10. The molecule has 1 amide bonds. The van der Waals surface area contributed by atoms with Crippen molar-refractivity contribution in [3.8, 4) is 0 Å². The third-order valence-corrected chi connectivity index (χ3v) is 3.12. The highest BCUT2D eigenvalue weighted by atomic mass is 16.2. The van der Waals surface area contributed by atoms with Gasteiger partial charge in [0.15, 0.2) is 0 Å². The van der Waals surface area contributed by atoms with Crippen molar-refractivity contribution < 1.29 is 4.79 Å². The molecule has 1 atom stereocenters. The number of allylic oxidation sites excluding steroid dienone is 1. The number of anilines is 1. The summed E-state index contributed by atoms with van der Waals surface area (Å²) in [6, 6.07) is 3.94.